The van der Waals surface area contributed by atoms with E-state index in [-0.39, 0.29) is 5.69 Å². The van der Waals surface area contributed by atoms with Gasteiger partial charge in [0.1, 0.15) is 5.75 Å². The summed E-state index contributed by atoms with van der Waals surface area (Å²) < 4.78 is 13.1. The summed E-state index contributed by atoms with van der Waals surface area (Å²) in [5.74, 6) is 0.155. The molecule has 0 saturated heterocycles. The molecule has 0 aliphatic rings. The Kier molecular flexibility index (Phi) is 6.17. The number of hydrogen-bond donors (Lipinski definition) is 0. The molecule has 8 nitrogen and oxygen atoms in total. The fraction of sp³-hybridized carbons (Fsp3) is 0.263. The molecule has 0 saturated carbocycles. The number of nitrogens with zero attached hydrogens (tertiary/aromatic N) is 3. The number of carbonyl (C=O) groups excluding carboxylic acids is 1. The highest BCUT2D eigenvalue weighted by Gasteiger charge is 2.14. The van der Waals surface area contributed by atoms with Gasteiger partial charge in [-0.2, -0.15) is 4.99 Å². The molecule has 0 spiro atoms. The van der Waals surface area contributed by atoms with Crippen molar-refractivity contribution in [3.63, 3.8) is 0 Å². The van der Waals surface area contributed by atoms with Crippen molar-refractivity contribution in [1.82, 2.24) is 4.57 Å². The zero-order valence-electron chi connectivity index (χ0n) is 15.5. The highest BCUT2D eigenvalue weighted by molar-refractivity contribution is 7.16. The molecule has 3 rings (SSSR count). The molecule has 0 radical (unpaired) electrons. The minimum absolute atomic E-state index is 0.0128. The summed E-state index contributed by atoms with van der Waals surface area (Å²) in [7, 11) is 1.53. The molecule has 0 N–H and O–H groups in total. The SMILES string of the molecule is CCOCCn1c(=NC(=O)c2cccc(OC)c2)sc2ccc([N+](=O)[O-])cc21. The van der Waals surface area contributed by atoms with Crippen LogP contribution in [0.3, 0.4) is 0 Å². The van der Waals surface area contributed by atoms with Gasteiger partial charge < -0.3 is 14.0 Å². The third-order valence-corrected chi connectivity index (χ3v) is 5.11. The predicted octanol–water partition coefficient (Wildman–Crippen LogP) is 3.40. The first-order valence-electron chi connectivity index (χ1n) is 8.62. The average Bonchev–Trinajstić information content (AvgIpc) is 3.04. The lowest BCUT2D eigenvalue weighted by Gasteiger charge is -2.05. The molecule has 146 valence electrons. The monoisotopic (exact) mass is 401 g/mol. The Morgan fingerprint density at radius 3 is 2.82 bits per heavy atom. The number of non-ortho nitro benzene ring substituents is 1. The van der Waals surface area contributed by atoms with Gasteiger partial charge in [-0.3, -0.25) is 14.9 Å². The summed E-state index contributed by atoms with van der Waals surface area (Å²) in [6, 6.07) is 11.4. The van der Waals surface area contributed by atoms with Crippen LogP contribution in [-0.4, -0.2) is 35.7 Å². The number of amides is 1. The summed E-state index contributed by atoms with van der Waals surface area (Å²) in [5.41, 5.74) is 1.04. The maximum Gasteiger partial charge on any atom is 0.279 e. The van der Waals surface area contributed by atoms with Crippen molar-refractivity contribution in [2.45, 2.75) is 13.5 Å². The normalized spacial score (nSPS) is 11.7. The second-order valence-corrected chi connectivity index (χ2v) is 6.80. The number of fused-ring (bicyclic) bond motifs is 1. The lowest BCUT2D eigenvalue weighted by molar-refractivity contribution is -0.384. The number of methoxy groups -OCH3 is 1. The Balaban J connectivity index is 2.09. The third kappa shape index (κ3) is 4.26. The van der Waals surface area contributed by atoms with Crippen molar-refractivity contribution in [3.8, 4) is 5.75 Å². The smallest absolute Gasteiger partial charge is 0.279 e. The van der Waals surface area contributed by atoms with E-state index < -0.39 is 10.8 Å². The first-order chi connectivity index (χ1) is 13.5. The maximum atomic E-state index is 12.6. The molecule has 9 heteroatoms. The highest BCUT2D eigenvalue weighted by Crippen LogP contribution is 2.23. The van der Waals surface area contributed by atoms with Crippen molar-refractivity contribution < 1.29 is 19.2 Å². The number of hydrogen-bond acceptors (Lipinski definition) is 6. The van der Waals surface area contributed by atoms with Crippen molar-refractivity contribution >= 4 is 33.1 Å². The molecule has 0 bridgehead atoms. The summed E-state index contributed by atoms with van der Waals surface area (Å²) in [6.07, 6.45) is 0. The largest absolute Gasteiger partial charge is 0.497 e. The summed E-state index contributed by atoms with van der Waals surface area (Å²) in [5, 5.41) is 11.1. The molecular weight excluding hydrogens is 382 g/mol. The van der Waals surface area contributed by atoms with E-state index in [2.05, 4.69) is 4.99 Å². The second-order valence-electron chi connectivity index (χ2n) is 5.79. The molecule has 1 amide bonds. The lowest BCUT2D eigenvalue weighted by Crippen LogP contribution is -2.19. The minimum Gasteiger partial charge on any atom is -0.497 e. The van der Waals surface area contributed by atoms with Crippen LogP contribution in [0.2, 0.25) is 0 Å². The zero-order valence-corrected chi connectivity index (χ0v) is 16.3. The number of ether oxygens (including phenoxy) is 2. The van der Waals surface area contributed by atoms with Gasteiger partial charge in [0.25, 0.3) is 11.6 Å². The van der Waals surface area contributed by atoms with Crippen molar-refractivity contribution in [2.75, 3.05) is 20.3 Å². The minimum atomic E-state index is -0.442. The van der Waals surface area contributed by atoms with Gasteiger partial charge >= 0.3 is 0 Å². The molecule has 0 atom stereocenters. The number of carbonyl (C=O) groups is 1. The molecule has 28 heavy (non-hydrogen) atoms. The van der Waals surface area contributed by atoms with Gasteiger partial charge in [0.2, 0.25) is 0 Å². The third-order valence-electron chi connectivity index (χ3n) is 4.05. The number of aromatic nitrogens is 1. The summed E-state index contributed by atoms with van der Waals surface area (Å²) in [4.78, 5) is 28.1. The molecule has 2 aromatic carbocycles. The van der Waals surface area contributed by atoms with Gasteiger partial charge in [0.05, 0.1) is 28.9 Å². The number of rotatable bonds is 7. The van der Waals surface area contributed by atoms with E-state index in [0.717, 1.165) is 4.70 Å². The van der Waals surface area contributed by atoms with Gasteiger partial charge in [-0.1, -0.05) is 17.4 Å². The van der Waals surface area contributed by atoms with Gasteiger partial charge in [0, 0.05) is 30.8 Å². The van der Waals surface area contributed by atoms with Crippen molar-refractivity contribution in [1.29, 1.82) is 0 Å². The average molecular weight is 401 g/mol. The predicted molar refractivity (Wildman–Crippen MR) is 106 cm³/mol. The van der Waals surface area contributed by atoms with Gasteiger partial charge in [-0.25, -0.2) is 0 Å². The quantitative estimate of drug-likeness (QED) is 0.343. The van der Waals surface area contributed by atoms with Crippen LogP contribution in [0.1, 0.15) is 17.3 Å². The highest BCUT2D eigenvalue weighted by atomic mass is 32.1. The Labute approximate surface area is 164 Å². The topological polar surface area (TPSA) is 96.0 Å². The van der Waals surface area contributed by atoms with Crippen LogP contribution in [0.5, 0.6) is 5.75 Å². The fourth-order valence-corrected chi connectivity index (χ4v) is 3.71. The number of benzene rings is 2. The first kappa shape index (κ1) is 19.7. The zero-order chi connectivity index (χ0) is 20.1. The van der Waals surface area contributed by atoms with Gasteiger partial charge in [-0.15, -0.1) is 0 Å². The first-order valence-corrected chi connectivity index (χ1v) is 9.43. The molecule has 3 aromatic rings. The van der Waals surface area contributed by atoms with Crippen LogP contribution >= 0.6 is 11.3 Å². The molecular formula is C19H19N3O5S. The Morgan fingerprint density at radius 2 is 2.11 bits per heavy atom. The maximum absolute atomic E-state index is 12.6. The van der Waals surface area contributed by atoms with E-state index in [0.29, 0.717) is 41.4 Å². The van der Waals surface area contributed by atoms with E-state index in [4.69, 9.17) is 9.47 Å². The Bertz CT molecular complexity index is 1090. The Morgan fingerprint density at radius 1 is 1.29 bits per heavy atom. The fourth-order valence-electron chi connectivity index (χ4n) is 2.68. The second kappa shape index (κ2) is 8.77. The summed E-state index contributed by atoms with van der Waals surface area (Å²) >= 11 is 1.30. The van der Waals surface area contributed by atoms with Crippen LogP contribution in [0.4, 0.5) is 5.69 Å². The van der Waals surface area contributed by atoms with E-state index in [1.54, 1.807) is 34.9 Å². The molecule has 0 unspecified atom stereocenters. The van der Waals surface area contributed by atoms with E-state index in [1.165, 1.54) is 30.6 Å². The number of nitro benzene ring substituents is 1. The van der Waals surface area contributed by atoms with E-state index in [1.807, 2.05) is 6.92 Å². The van der Waals surface area contributed by atoms with Crippen LogP contribution < -0.4 is 9.54 Å². The standard InChI is InChI=1S/C19H19N3O5S/c1-3-27-10-9-21-16-12-14(22(24)25)7-8-17(16)28-19(21)20-18(23)13-5-4-6-15(11-13)26-2/h4-8,11-12H,3,9-10H2,1-2H3. The Hall–Kier alpha value is -3.04. The lowest BCUT2D eigenvalue weighted by atomic mass is 10.2. The van der Waals surface area contributed by atoms with E-state index >= 15 is 0 Å². The number of thiazole rings is 1. The molecule has 0 fully saturated rings. The van der Waals surface area contributed by atoms with E-state index in [9.17, 15) is 14.9 Å². The molecule has 0 aliphatic heterocycles. The van der Waals surface area contributed by atoms with Crippen LogP contribution in [0, 0.1) is 10.1 Å². The summed E-state index contributed by atoms with van der Waals surface area (Å²) in [6.45, 7) is 3.28. The van der Waals surface area contributed by atoms with Gasteiger partial charge in [0.15, 0.2) is 4.80 Å². The van der Waals surface area contributed by atoms with Crippen molar-refractivity contribution in [3.05, 3.63) is 62.9 Å². The van der Waals surface area contributed by atoms with Crippen LogP contribution in [0.15, 0.2) is 47.5 Å². The van der Waals surface area contributed by atoms with Crippen molar-refractivity contribution in [2.24, 2.45) is 4.99 Å². The molecule has 1 heterocycles. The molecule has 0 aliphatic carbocycles. The van der Waals surface area contributed by atoms with Gasteiger partial charge in [-0.05, 0) is 31.2 Å². The number of nitro groups is 1. The van der Waals surface area contributed by atoms with Crippen LogP contribution in [-0.2, 0) is 11.3 Å². The molecule has 1 aromatic heterocycles. The van der Waals surface area contributed by atoms with Crippen LogP contribution in [0.25, 0.3) is 10.2 Å².